The van der Waals surface area contributed by atoms with Crippen molar-refractivity contribution in [2.45, 2.75) is 26.9 Å². The van der Waals surface area contributed by atoms with Gasteiger partial charge < -0.3 is 20.4 Å². The Balaban J connectivity index is 1.41. The second-order valence-corrected chi connectivity index (χ2v) is 12.5. The third-order valence-corrected chi connectivity index (χ3v) is 8.50. The summed E-state index contributed by atoms with van der Waals surface area (Å²) in [5.74, 6) is 0.732. The van der Waals surface area contributed by atoms with Crippen LogP contribution in [0.5, 0.6) is 23.0 Å². The summed E-state index contributed by atoms with van der Waals surface area (Å²) >= 11 is 0. The van der Waals surface area contributed by atoms with Gasteiger partial charge >= 0.3 is 0 Å². The van der Waals surface area contributed by atoms with Crippen molar-refractivity contribution >= 4 is 24.9 Å². The molecule has 0 radical (unpaired) electrons. The summed E-state index contributed by atoms with van der Waals surface area (Å²) in [6.45, 7) is 9.32. The van der Waals surface area contributed by atoms with Gasteiger partial charge in [0, 0.05) is 97.5 Å². The average molecular weight is 675 g/mol. The molecule has 50 heavy (non-hydrogen) atoms. The van der Waals surface area contributed by atoms with E-state index in [-0.39, 0.29) is 23.0 Å². The quantitative estimate of drug-likeness (QED) is 0.225. The monoisotopic (exact) mass is 674 g/mol. The van der Waals surface area contributed by atoms with Gasteiger partial charge in [0.05, 0.1) is 26.2 Å². The summed E-state index contributed by atoms with van der Waals surface area (Å²) < 4.78 is 0. The molecule has 1 aliphatic rings. The van der Waals surface area contributed by atoms with Gasteiger partial charge in [-0.05, 0) is 61.4 Å². The van der Waals surface area contributed by atoms with E-state index in [1.54, 1.807) is 49.1 Å². The molecule has 0 atom stereocenters. The van der Waals surface area contributed by atoms with E-state index >= 15 is 0 Å². The minimum absolute atomic E-state index is 0.125. The number of nitrogens with zero attached hydrogens (tertiary/aromatic N) is 6. The van der Waals surface area contributed by atoms with Gasteiger partial charge in [0.25, 0.3) is 0 Å². The fourth-order valence-corrected chi connectivity index (χ4v) is 5.82. The Labute approximate surface area is 294 Å². The van der Waals surface area contributed by atoms with E-state index < -0.39 is 0 Å². The molecule has 10 nitrogen and oxygen atoms in total. The molecule has 0 fully saturated rings. The third-order valence-electron chi connectivity index (χ3n) is 8.50. The van der Waals surface area contributed by atoms with Crippen LogP contribution < -0.4 is 0 Å². The zero-order valence-corrected chi connectivity index (χ0v) is 28.8. The highest BCUT2D eigenvalue weighted by Crippen LogP contribution is 2.24. The number of para-hydroxylation sites is 2. The van der Waals surface area contributed by atoms with E-state index in [0.29, 0.717) is 87.7 Å². The number of fused-ring (bicyclic) bond motifs is 4. The molecule has 10 heteroatoms. The first-order valence-electron chi connectivity index (χ1n) is 16.9. The second-order valence-electron chi connectivity index (χ2n) is 12.5. The summed E-state index contributed by atoms with van der Waals surface area (Å²) in [6.07, 6.45) is 6.78. The SMILES string of the molecule is Cc1cc2c(O)c(c1)C=NCCN(Cc1ccccc1O)CCN=Cc1cc(C)cc(c1O)C=NCCN(Cc1ccccc1O)CCN=C2. The maximum absolute atomic E-state index is 11.1. The molecule has 0 unspecified atom stereocenters. The van der Waals surface area contributed by atoms with Gasteiger partial charge in [0.1, 0.15) is 23.0 Å². The van der Waals surface area contributed by atoms with Gasteiger partial charge in [0.15, 0.2) is 0 Å². The number of rotatable bonds is 4. The predicted molar refractivity (Wildman–Crippen MR) is 202 cm³/mol. The molecule has 0 aliphatic carbocycles. The van der Waals surface area contributed by atoms with Crippen LogP contribution in [0.4, 0.5) is 0 Å². The van der Waals surface area contributed by atoms with Crippen molar-refractivity contribution in [2.75, 3.05) is 52.4 Å². The predicted octanol–water partition coefficient (Wildman–Crippen LogP) is 5.52. The van der Waals surface area contributed by atoms with Gasteiger partial charge in [-0.2, -0.15) is 0 Å². The molecular formula is C40H46N6O4. The molecular weight excluding hydrogens is 628 g/mol. The zero-order valence-electron chi connectivity index (χ0n) is 28.8. The Morgan fingerprint density at radius 1 is 0.480 bits per heavy atom. The largest absolute Gasteiger partial charge is 0.508 e. The minimum Gasteiger partial charge on any atom is -0.508 e. The first-order chi connectivity index (χ1) is 24.3. The molecule has 4 aromatic rings. The molecule has 260 valence electrons. The van der Waals surface area contributed by atoms with Crippen molar-refractivity contribution in [3.63, 3.8) is 0 Å². The summed E-state index contributed by atoms with van der Waals surface area (Å²) in [5, 5.41) is 43.0. The molecule has 0 saturated carbocycles. The molecule has 1 aliphatic heterocycles. The lowest BCUT2D eigenvalue weighted by atomic mass is 10.1. The van der Waals surface area contributed by atoms with Crippen LogP contribution in [0.25, 0.3) is 0 Å². The number of aryl methyl sites for hydroxylation is 2. The number of phenols is 4. The Morgan fingerprint density at radius 3 is 1.08 bits per heavy atom. The van der Waals surface area contributed by atoms with E-state index in [4.69, 9.17) is 0 Å². The fraction of sp³-hybridized carbons (Fsp3) is 0.300. The molecule has 4 N–H and O–H groups in total. The van der Waals surface area contributed by atoms with Gasteiger partial charge in [-0.25, -0.2) is 0 Å². The average Bonchev–Trinajstić information content (AvgIpc) is 3.09. The van der Waals surface area contributed by atoms with E-state index in [1.807, 2.05) is 62.4 Å². The van der Waals surface area contributed by atoms with Crippen molar-refractivity contribution < 1.29 is 20.4 Å². The summed E-state index contributed by atoms with van der Waals surface area (Å²) in [6, 6.07) is 22.2. The highest BCUT2D eigenvalue weighted by Gasteiger charge is 2.12. The van der Waals surface area contributed by atoms with Crippen molar-refractivity contribution in [3.8, 4) is 23.0 Å². The van der Waals surface area contributed by atoms with Crippen molar-refractivity contribution in [1.29, 1.82) is 0 Å². The van der Waals surface area contributed by atoms with Crippen LogP contribution in [0, 0.1) is 13.8 Å². The van der Waals surface area contributed by atoms with Crippen LogP contribution in [-0.4, -0.2) is 107 Å². The number of benzene rings is 4. The van der Waals surface area contributed by atoms with Crippen molar-refractivity contribution in [2.24, 2.45) is 20.0 Å². The number of hydrogen-bond donors (Lipinski definition) is 4. The van der Waals surface area contributed by atoms with E-state index in [9.17, 15) is 20.4 Å². The molecule has 1 heterocycles. The fourth-order valence-electron chi connectivity index (χ4n) is 5.82. The lowest BCUT2D eigenvalue weighted by Gasteiger charge is -2.21. The summed E-state index contributed by atoms with van der Waals surface area (Å²) in [7, 11) is 0. The molecule has 4 bridgehead atoms. The van der Waals surface area contributed by atoms with Gasteiger partial charge in [-0.1, -0.05) is 36.4 Å². The van der Waals surface area contributed by atoms with Crippen molar-refractivity contribution in [3.05, 3.63) is 117 Å². The maximum Gasteiger partial charge on any atom is 0.133 e. The van der Waals surface area contributed by atoms with E-state index in [0.717, 1.165) is 22.3 Å². The lowest BCUT2D eigenvalue weighted by Crippen LogP contribution is -2.29. The normalized spacial score (nSPS) is 15.6. The van der Waals surface area contributed by atoms with E-state index in [2.05, 4.69) is 29.8 Å². The smallest absolute Gasteiger partial charge is 0.133 e. The Bertz CT molecular complexity index is 1660. The molecule has 4 aromatic carbocycles. The summed E-state index contributed by atoms with van der Waals surface area (Å²) in [5.41, 5.74) is 6.07. The summed E-state index contributed by atoms with van der Waals surface area (Å²) in [4.78, 5) is 22.9. The Morgan fingerprint density at radius 2 is 0.780 bits per heavy atom. The van der Waals surface area contributed by atoms with Crippen LogP contribution in [-0.2, 0) is 13.1 Å². The van der Waals surface area contributed by atoms with Crippen LogP contribution in [0.1, 0.15) is 44.5 Å². The van der Waals surface area contributed by atoms with E-state index in [1.165, 1.54) is 0 Å². The second kappa shape index (κ2) is 17.9. The Hall–Kier alpha value is -5.32. The van der Waals surface area contributed by atoms with Crippen LogP contribution in [0.2, 0.25) is 0 Å². The van der Waals surface area contributed by atoms with Crippen LogP contribution in [0.15, 0.2) is 92.8 Å². The minimum atomic E-state index is 0.125. The van der Waals surface area contributed by atoms with Gasteiger partial charge in [0.2, 0.25) is 0 Å². The number of aliphatic imine (C=N–C) groups is 4. The molecule has 5 rings (SSSR count). The van der Waals surface area contributed by atoms with Crippen molar-refractivity contribution in [1.82, 2.24) is 9.80 Å². The van der Waals surface area contributed by atoms with Crippen LogP contribution in [0.3, 0.4) is 0 Å². The topological polar surface area (TPSA) is 137 Å². The highest BCUT2D eigenvalue weighted by atomic mass is 16.3. The van der Waals surface area contributed by atoms with Crippen LogP contribution >= 0.6 is 0 Å². The number of phenolic OH excluding ortho intramolecular Hbond substituents is 4. The molecule has 0 aromatic heterocycles. The lowest BCUT2D eigenvalue weighted by molar-refractivity contribution is 0.277. The number of aromatic hydroxyl groups is 4. The first kappa shape index (κ1) is 36.0. The zero-order chi connectivity index (χ0) is 35.3. The highest BCUT2D eigenvalue weighted by molar-refractivity contribution is 5.93. The standard InChI is InChI=1S/C40H46N6O4/c1-29-19-33-23-41-11-15-45(27-31-7-3-5-9-37(31)47)17-13-43-25-35-21-30(2)22-36(40(35)50)26-44-14-18-46(28-32-8-4-6-10-38(32)48)16-12-42-24-34(20-29)39(33)49/h3-10,19-26,47-50H,11-18,27-28H2,1-2H3. The van der Waals surface area contributed by atoms with Gasteiger partial charge in [-0.15, -0.1) is 0 Å². The molecule has 0 amide bonds. The first-order valence-corrected chi connectivity index (χ1v) is 16.9. The maximum atomic E-state index is 11.1. The third kappa shape index (κ3) is 10.3. The molecule has 0 saturated heterocycles. The van der Waals surface area contributed by atoms with Gasteiger partial charge in [-0.3, -0.25) is 29.8 Å². The molecule has 0 spiro atoms. The number of hydrogen-bond acceptors (Lipinski definition) is 10. The Kier molecular flexibility index (Phi) is 12.9.